The summed E-state index contributed by atoms with van der Waals surface area (Å²) in [6, 6.07) is 10.4. The van der Waals surface area contributed by atoms with Gasteiger partial charge in [0.25, 0.3) is 5.89 Å². The topological polar surface area (TPSA) is 121 Å². The predicted molar refractivity (Wildman–Crippen MR) is 147 cm³/mol. The molecule has 1 unspecified atom stereocenters. The molecule has 1 heterocycles. The molecule has 3 N–H and O–H groups in total. The molecule has 3 rings (SSSR count). The van der Waals surface area contributed by atoms with Crippen LogP contribution in [-0.4, -0.2) is 70.6 Å². The normalized spacial score (nSPS) is 12.1. The van der Waals surface area contributed by atoms with E-state index in [4.69, 9.17) is 19.4 Å². The van der Waals surface area contributed by atoms with Gasteiger partial charge in [0.1, 0.15) is 25.1 Å². The highest BCUT2D eigenvalue weighted by atomic mass is 16.5. The number of hydrogen-bond donors (Lipinski definition) is 3. The summed E-state index contributed by atoms with van der Waals surface area (Å²) in [5.41, 5.74) is 6.02. The van der Waals surface area contributed by atoms with E-state index in [1.807, 2.05) is 26.0 Å². The van der Waals surface area contributed by atoms with E-state index in [9.17, 15) is 9.90 Å². The fourth-order valence-electron chi connectivity index (χ4n) is 4.38. The van der Waals surface area contributed by atoms with Crippen LogP contribution in [0.15, 0.2) is 34.9 Å². The smallest absolute Gasteiger partial charge is 0.258 e. The van der Waals surface area contributed by atoms with E-state index in [2.05, 4.69) is 54.5 Å². The first kappa shape index (κ1) is 29.3. The van der Waals surface area contributed by atoms with Crippen molar-refractivity contribution in [2.24, 2.45) is 0 Å². The Morgan fingerprint density at radius 2 is 1.87 bits per heavy atom. The Labute approximate surface area is 224 Å². The molecule has 9 nitrogen and oxygen atoms in total. The highest BCUT2D eigenvalue weighted by Gasteiger charge is 2.17. The van der Waals surface area contributed by atoms with Gasteiger partial charge in [0.15, 0.2) is 0 Å². The molecule has 1 amide bonds. The number of carbonyl (C=O) groups is 1. The Morgan fingerprint density at radius 1 is 1.11 bits per heavy atom. The number of ether oxygens (including phenoxy) is 1. The minimum Gasteiger partial charge on any atom is -0.490 e. The molecule has 0 aliphatic heterocycles. The van der Waals surface area contributed by atoms with Crippen molar-refractivity contribution in [3.05, 3.63) is 52.6 Å². The van der Waals surface area contributed by atoms with Gasteiger partial charge in [0, 0.05) is 24.2 Å². The van der Waals surface area contributed by atoms with E-state index in [0.717, 1.165) is 48.2 Å². The van der Waals surface area contributed by atoms with Crippen molar-refractivity contribution in [1.82, 2.24) is 20.4 Å². The monoisotopic (exact) mass is 524 g/mol. The molecule has 0 aliphatic carbocycles. The summed E-state index contributed by atoms with van der Waals surface area (Å²) in [4.78, 5) is 18.2. The van der Waals surface area contributed by atoms with Gasteiger partial charge in [-0.1, -0.05) is 32.0 Å². The van der Waals surface area contributed by atoms with Gasteiger partial charge in [-0.25, -0.2) is 0 Å². The number of rotatable bonds is 14. The molecule has 0 radical (unpaired) electrons. The second kappa shape index (κ2) is 14.0. The third-order valence-electron chi connectivity index (χ3n) is 6.28. The first-order valence-electron chi connectivity index (χ1n) is 13.3. The number of nitrogens with zero attached hydrogens (tertiary/aromatic N) is 3. The number of aliphatic hydroxyl groups excluding tert-OH is 2. The Morgan fingerprint density at radius 3 is 2.55 bits per heavy atom. The van der Waals surface area contributed by atoms with Gasteiger partial charge in [-0.3, -0.25) is 4.79 Å². The maximum absolute atomic E-state index is 11.2. The van der Waals surface area contributed by atoms with Crippen molar-refractivity contribution < 1.29 is 24.3 Å². The van der Waals surface area contributed by atoms with E-state index in [0.29, 0.717) is 23.9 Å². The second-order valence-corrected chi connectivity index (χ2v) is 9.61. The van der Waals surface area contributed by atoms with Gasteiger partial charge in [-0.15, -0.1) is 0 Å². The molecule has 3 aromatic rings. The Hall–Kier alpha value is -3.27. The predicted octanol–water partition coefficient (Wildman–Crippen LogP) is 3.53. The van der Waals surface area contributed by atoms with E-state index in [-0.39, 0.29) is 13.2 Å². The maximum Gasteiger partial charge on any atom is 0.258 e. The SMILES string of the molecule is CCCN(C)Cc1cc(CC)cc(-c2nc(-c3cc(C)c(OCC(O)CNC(=O)CO)c(CC)c3)no2)c1. The van der Waals surface area contributed by atoms with Crippen LogP contribution in [0.25, 0.3) is 22.8 Å². The lowest BCUT2D eigenvalue weighted by atomic mass is 10.0. The molecule has 0 bridgehead atoms. The summed E-state index contributed by atoms with van der Waals surface area (Å²) < 4.78 is 11.6. The van der Waals surface area contributed by atoms with Gasteiger partial charge >= 0.3 is 0 Å². The molecule has 0 saturated carbocycles. The molecular formula is C29H40N4O5. The molecule has 0 aliphatic rings. The maximum atomic E-state index is 11.2. The average molecular weight is 525 g/mol. The van der Waals surface area contributed by atoms with Gasteiger partial charge in [0.05, 0.1) is 0 Å². The van der Waals surface area contributed by atoms with Crippen LogP contribution in [0.4, 0.5) is 0 Å². The van der Waals surface area contributed by atoms with E-state index in [1.54, 1.807) is 0 Å². The average Bonchev–Trinajstić information content (AvgIpc) is 3.41. The Kier molecular flexibility index (Phi) is 10.8. The molecule has 0 spiro atoms. The number of aromatic nitrogens is 2. The fraction of sp³-hybridized carbons (Fsp3) is 0.483. The van der Waals surface area contributed by atoms with Crippen LogP contribution in [0.5, 0.6) is 5.75 Å². The summed E-state index contributed by atoms with van der Waals surface area (Å²) in [6.45, 7) is 9.57. The van der Waals surface area contributed by atoms with Crippen LogP contribution >= 0.6 is 0 Å². The minimum absolute atomic E-state index is 0.000540. The zero-order valence-corrected chi connectivity index (χ0v) is 23.1. The number of carbonyl (C=O) groups excluding carboxylic acids is 1. The van der Waals surface area contributed by atoms with Gasteiger partial charge in [0.2, 0.25) is 11.7 Å². The van der Waals surface area contributed by atoms with Crippen molar-refractivity contribution in [3.8, 4) is 28.6 Å². The molecule has 206 valence electrons. The van der Waals surface area contributed by atoms with Gasteiger partial charge in [-0.05, 0) is 86.3 Å². The zero-order chi connectivity index (χ0) is 27.7. The molecule has 0 fully saturated rings. The lowest BCUT2D eigenvalue weighted by molar-refractivity contribution is -0.124. The number of aryl methyl sites for hydroxylation is 3. The quantitative estimate of drug-likeness (QED) is 0.293. The molecule has 1 aromatic heterocycles. The van der Waals surface area contributed by atoms with Crippen molar-refractivity contribution in [2.45, 2.75) is 59.6 Å². The second-order valence-electron chi connectivity index (χ2n) is 9.61. The minimum atomic E-state index is -0.903. The lowest BCUT2D eigenvalue weighted by Gasteiger charge is -2.17. The van der Waals surface area contributed by atoms with Gasteiger partial charge < -0.3 is 29.7 Å². The van der Waals surface area contributed by atoms with Crippen LogP contribution < -0.4 is 10.1 Å². The van der Waals surface area contributed by atoms with Crippen molar-refractivity contribution in [3.63, 3.8) is 0 Å². The highest BCUT2D eigenvalue weighted by molar-refractivity contribution is 5.76. The van der Waals surface area contributed by atoms with Crippen LogP contribution in [0.2, 0.25) is 0 Å². The number of amides is 1. The van der Waals surface area contributed by atoms with Crippen LogP contribution in [-0.2, 0) is 24.2 Å². The van der Waals surface area contributed by atoms with Gasteiger partial charge in [-0.2, -0.15) is 4.98 Å². The van der Waals surface area contributed by atoms with Crippen molar-refractivity contribution >= 4 is 5.91 Å². The first-order chi connectivity index (χ1) is 18.3. The number of aliphatic hydroxyl groups is 2. The van der Waals surface area contributed by atoms with E-state index < -0.39 is 18.6 Å². The third-order valence-corrected chi connectivity index (χ3v) is 6.28. The number of hydrogen-bond acceptors (Lipinski definition) is 8. The number of nitrogens with one attached hydrogen (secondary N) is 1. The Bertz CT molecular complexity index is 1210. The van der Waals surface area contributed by atoms with Crippen LogP contribution in [0, 0.1) is 6.92 Å². The standard InChI is InChI=1S/C29H40N4O5/c1-6-9-33(5)16-21-11-20(7-2)12-24(13-21)29-31-28(32-38-29)23-10-19(4)27(22(8-3)14-23)37-18-25(35)15-30-26(36)17-34/h10-14,25,34-35H,6-9,15-18H2,1-5H3,(H,30,36). The molecule has 1 atom stereocenters. The van der Waals surface area contributed by atoms with Crippen LogP contribution in [0.3, 0.4) is 0 Å². The third kappa shape index (κ3) is 7.86. The van der Waals surface area contributed by atoms with E-state index in [1.165, 1.54) is 11.1 Å². The van der Waals surface area contributed by atoms with Crippen LogP contribution in [0.1, 0.15) is 49.4 Å². The summed E-state index contributed by atoms with van der Waals surface area (Å²) in [5.74, 6) is 1.13. The molecule has 2 aromatic carbocycles. The lowest BCUT2D eigenvalue weighted by Crippen LogP contribution is -2.36. The van der Waals surface area contributed by atoms with Crippen molar-refractivity contribution in [2.75, 3.05) is 33.4 Å². The summed E-state index contributed by atoms with van der Waals surface area (Å²) in [6.07, 6.45) is 1.83. The summed E-state index contributed by atoms with van der Waals surface area (Å²) in [5, 5.41) is 25.6. The summed E-state index contributed by atoms with van der Waals surface area (Å²) >= 11 is 0. The largest absolute Gasteiger partial charge is 0.490 e. The first-order valence-corrected chi connectivity index (χ1v) is 13.3. The number of benzene rings is 2. The van der Waals surface area contributed by atoms with Crippen molar-refractivity contribution in [1.29, 1.82) is 0 Å². The summed E-state index contributed by atoms with van der Waals surface area (Å²) in [7, 11) is 2.13. The zero-order valence-electron chi connectivity index (χ0n) is 23.1. The molecule has 0 saturated heterocycles. The molecule has 38 heavy (non-hydrogen) atoms. The molecule has 9 heteroatoms. The highest BCUT2D eigenvalue weighted by Crippen LogP contribution is 2.31. The Balaban J connectivity index is 1.80. The molecular weight excluding hydrogens is 484 g/mol. The van der Waals surface area contributed by atoms with E-state index >= 15 is 0 Å². The fourth-order valence-corrected chi connectivity index (χ4v) is 4.38.